The summed E-state index contributed by atoms with van der Waals surface area (Å²) < 4.78 is 14.8. The van der Waals surface area contributed by atoms with E-state index in [1.807, 2.05) is 6.92 Å². The average molecular weight is 308 g/mol. The average Bonchev–Trinajstić information content (AvgIpc) is 3.21. The van der Waals surface area contributed by atoms with Crippen LogP contribution in [0.25, 0.3) is 0 Å². The number of nitrogens with two attached hydrogens (primary N) is 1. The van der Waals surface area contributed by atoms with Crippen molar-refractivity contribution in [3.8, 4) is 0 Å². The summed E-state index contributed by atoms with van der Waals surface area (Å²) in [5, 5.41) is 7.16. The largest absolute Gasteiger partial charge is 0.344 e. The van der Waals surface area contributed by atoms with Crippen molar-refractivity contribution in [2.24, 2.45) is 5.73 Å². The molecule has 1 aromatic carbocycles. The van der Waals surface area contributed by atoms with Crippen LogP contribution in [-0.4, -0.2) is 20.8 Å². The fourth-order valence-corrected chi connectivity index (χ4v) is 3.45. The number of H-pyrrole nitrogens is 1. The van der Waals surface area contributed by atoms with E-state index < -0.39 is 0 Å². The number of benzene rings is 1. The molecule has 0 aliphatic heterocycles. The monoisotopic (exact) mass is 308 g/mol. The molecular weight excluding hydrogens is 291 g/mol. The molecule has 1 aliphatic carbocycles. The van der Waals surface area contributed by atoms with Gasteiger partial charge in [0, 0.05) is 12.1 Å². The predicted molar refractivity (Wildman–Crippen MR) is 79.8 cm³/mol. The Labute approximate surface area is 125 Å². The lowest BCUT2D eigenvalue weighted by atomic mass is 10.1. The molecule has 1 aliphatic rings. The number of nitrogens with one attached hydrogen (secondary N) is 1. The Morgan fingerprint density at radius 2 is 2.10 bits per heavy atom. The molecule has 1 fully saturated rings. The molecule has 2 unspecified atom stereocenters. The highest BCUT2D eigenvalue weighted by atomic mass is 32.2. The van der Waals surface area contributed by atoms with E-state index in [0.717, 1.165) is 18.4 Å². The lowest BCUT2D eigenvalue weighted by Crippen LogP contribution is -2.23. The van der Waals surface area contributed by atoms with Gasteiger partial charge in [-0.05, 0) is 37.5 Å². The molecule has 5 nitrogen and oxygen atoms in total. The topological polar surface area (TPSA) is 76.7 Å². The Hall–Kier alpha value is -1.60. The van der Waals surface area contributed by atoms with Gasteiger partial charge in [-0.25, -0.2) is 14.3 Å². The van der Waals surface area contributed by atoms with Crippen molar-refractivity contribution in [1.29, 1.82) is 0 Å². The Balaban J connectivity index is 1.89. The van der Waals surface area contributed by atoms with E-state index in [-0.39, 0.29) is 28.8 Å². The standard InChI is InChI=1S/C14H17FN4OS/c1-8(16)12(9-2-4-10(15)5-3-9)21-14-18-17-13(20)19(14)11-6-7-11/h2-5,8,11-12H,6-7,16H2,1H3,(H,17,20). The first-order chi connectivity index (χ1) is 10.1. The van der Waals surface area contributed by atoms with Crippen LogP contribution in [-0.2, 0) is 0 Å². The number of rotatable bonds is 5. The fourth-order valence-electron chi connectivity index (χ4n) is 2.27. The zero-order valence-electron chi connectivity index (χ0n) is 11.6. The molecule has 0 spiro atoms. The van der Waals surface area contributed by atoms with Gasteiger partial charge in [-0.3, -0.25) is 4.57 Å². The molecule has 3 rings (SSSR count). The van der Waals surface area contributed by atoms with Crippen LogP contribution >= 0.6 is 11.8 Å². The zero-order valence-corrected chi connectivity index (χ0v) is 12.4. The van der Waals surface area contributed by atoms with Crippen molar-refractivity contribution in [2.75, 3.05) is 0 Å². The lowest BCUT2D eigenvalue weighted by Gasteiger charge is -2.20. The molecular formula is C14H17FN4OS. The molecule has 2 atom stereocenters. The SMILES string of the molecule is CC(N)C(Sc1n[nH]c(=O)n1C1CC1)c1ccc(F)cc1. The van der Waals surface area contributed by atoms with E-state index in [4.69, 9.17) is 5.73 Å². The highest BCUT2D eigenvalue weighted by Gasteiger charge is 2.30. The van der Waals surface area contributed by atoms with Crippen LogP contribution in [0.1, 0.15) is 36.6 Å². The van der Waals surface area contributed by atoms with Crippen LogP contribution in [0.3, 0.4) is 0 Å². The van der Waals surface area contributed by atoms with E-state index in [2.05, 4.69) is 10.2 Å². The molecule has 21 heavy (non-hydrogen) atoms. The first kappa shape index (κ1) is 14.3. The number of hydrogen-bond donors (Lipinski definition) is 2. The number of aromatic amines is 1. The summed E-state index contributed by atoms with van der Waals surface area (Å²) in [6.07, 6.45) is 2.01. The minimum Gasteiger partial charge on any atom is -0.327 e. The second-order valence-electron chi connectivity index (χ2n) is 5.36. The summed E-state index contributed by atoms with van der Waals surface area (Å²) in [5.41, 5.74) is 6.81. The van der Waals surface area contributed by atoms with Crippen molar-refractivity contribution >= 4 is 11.8 Å². The van der Waals surface area contributed by atoms with E-state index in [1.165, 1.54) is 23.9 Å². The maximum Gasteiger partial charge on any atom is 0.344 e. The van der Waals surface area contributed by atoms with Crippen LogP contribution in [0.5, 0.6) is 0 Å². The van der Waals surface area contributed by atoms with Gasteiger partial charge < -0.3 is 5.73 Å². The summed E-state index contributed by atoms with van der Waals surface area (Å²) in [4.78, 5) is 11.8. The van der Waals surface area contributed by atoms with Crippen LogP contribution in [0.15, 0.2) is 34.2 Å². The summed E-state index contributed by atoms with van der Waals surface area (Å²) >= 11 is 1.44. The zero-order chi connectivity index (χ0) is 15.0. The minimum atomic E-state index is -0.276. The first-order valence-corrected chi connectivity index (χ1v) is 7.79. The van der Waals surface area contributed by atoms with E-state index in [9.17, 15) is 9.18 Å². The minimum absolute atomic E-state index is 0.0849. The summed E-state index contributed by atoms with van der Waals surface area (Å²) in [7, 11) is 0. The van der Waals surface area contributed by atoms with Crippen molar-refractivity contribution < 1.29 is 4.39 Å². The third-order valence-electron chi connectivity index (χ3n) is 3.49. The smallest absolute Gasteiger partial charge is 0.327 e. The van der Waals surface area contributed by atoms with Crippen molar-refractivity contribution in [1.82, 2.24) is 14.8 Å². The number of thioether (sulfide) groups is 1. The second-order valence-corrected chi connectivity index (χ2v) is 6.47. The van der Waals surface area contributed by atoms with E-state index >= 15 is 0 Å². The van der Waals surface area contributed by atoms with Gasteiger partial charge in [0.25, 0.3) is 0 Å². The predicted octanol–water partition coefficient (Wildman–Crippen LogP) is 2.23. The number of nitrogens with zero attached hydrogens (tertiary/aromatic N) is 2. The van der Waals surface area contributed by atoms with Gasteiger partial charge in [-0.1, -0.05) is 23.9 Å². The number of halogens is 1. The fraction of sp³-hybridized carbons (Fsp3) is 0.429. The third kappa shape index (κ3) is 3.03. The van der Waals surface area contributed by atoms with Gasteiger partial charge in [-0.2, -0.15) is 0 Å². The molecule has 2 aromatic rings. The summed E-state index contributed by atoms with van der Waals surface area (Å²) in [6, 6.07) is 6.39. The maximum absolute atomic E-state index is 13.1. The lowest BCUT2D eigenvalue weighted by molar-refractivity contribution is 0.624. The van der Waals surface area contributed by atoms with Crippen LogP contribution in [0.2, 0.25) is 0 Å². The third-order valence-corrected chi connectivity index (χ3v) is 4.95. The highest BCUT2D eigenvalue weighted by molar-refractivity contribution is 7.99. The normalized spacial score (nSPS) is 17.7. The maximum atomic E-state index is 13.1. The van der Waals surface area contributed by atoms with Gasteiger partial charge in [-0.15, -0.1) is 5.10 Å². The van der Waals surface area contributed by atoms with Crippen molar-refractivity contribution in [3.05, 3.63) is 46.1 Å². The van der Waals surface area contributed by atoms with Gasteiger partial charge in [0.05, 0.1) is 5.25 Å². The molecule has 0 radical (unpaired) electrons. The molecule has 1 heterocycles. The van der Waals surface area contributed by atoms with Gasteiger partial charge >= 0.3 is 5.69 Å². The highest BCUT2D eigenvalue weighted by Crippen LogP contribution is 2.40. The van der Waals surface area contributed by atoms with Crippen LogP contribution in [0.4, 0.5) is 4.39 Å². The number of aromatic nitrogens is 3. The Bertz CT molecular complexity index is 675. The molecule has 3 N–H and O–H groups in total. The molecule has 1 aromatic heterocycles. The molecule has 1 saturated carbocycles. The van der Waals surface area contributed by atoms with Crippen LogP contribution in [0, 0.1) is 5.82 Å². The molecule has 112 valence electrons. The van der Waals surface area contributed by atoms with E-state index in [0.29, 0.717) is 5.16 Å². The van der Waals surface area contributed by atoms with Crippen LogP contribution < -0.4 is 11.4 Å². The Kier molecular flexibility index (Phi) is 3.86. The van der Waals surface area contributed by atoms with Gasteiger partial charge in [0.2, 0.25) is 0 Å². The molecule has 0 saturated heterocycles. The van der Waals surface area contributed by atoms with Crippen molar-refractivity contribution in [2.45, 2.75) is 42.3 Å². The molecule has 0 amide bonds. The second kappa shape index (κ2) is 5.65. The van der Waals surface area contributed by atoms with Gasteiger partial charge in [0.1, 0.15) is 5.82 Å². The molecule has 0 bridgehead atoms. The van der Waals surface area contributed by atoms with Gasteiger partial charge in [0.15, 0.2) is 5.16 Å². The molecule has 7 heteroatoms. The number of hydrogen-bond acceptors (Lipinski definition) is 4. The Morgan fingerprint density at radius 3 is 2.67 bits per heavy atom. The van der Waals surface area contributed by atoms with Crippen molar-refractivity contribution in [3.63, 3.8) is 0 Å². The summed E-state index contributed by atoms with van der Waals surface area (Å²) in [5.74, 6) is -0.276. The first-order valence-electron chi connectivity index (χ1n) is 6.91. The Morgan fingerprint density at radius 1 is 1.43 bits per heavy atom. The quantitative estimate of drug-likeness (QED) is 0.830. The summed E-state index contributed by atoms with van der Waals surface area (Å²) in [6.45, 7) is 1.90. The van der Waals surface area contributed by atoms with E-state index in [1.54, 1.807) is 16.7 Å².